The maximum absolute atomic E-state index is 11.1. The van der Waals surface area contributed by atoms with E-state index >= 15 is 0 Å². The standard InChI is InChI=1S/C10H12O2.Cu/c1-7(2)8-4-3-5-9(11)10(12)6-8;/h3-7H,1-2H3,(H,11,12);/q;+2. The van der Waals surface area contributed by atoms with Gasteiger partial charge in [-0.2, -0.15) is 0 Å². The molecule has 13 heavy (non-hydrogen) atoms. The zero-order valence-electron chi connectivity index (χ0n) is 7.54. The van der Waals surface area contributed by atoms with Crippen LogP contribution in [0.25, 0.3) is 0 Å². The molecule has 0 saturated carbocycles. The second kappa shape index (κ2) is 5.05. The monoisotopic (exact) mass is 227 g/mol. The molecule has 1 rings (SSSR count). The van der Waals surface area contributed by atoms with Crippen molar-refractivity contribution < 1.29 is 22.2 Å². The van der Waals surface area contributed by atoms with Crippen LogP contribution in [0.1, 0.15) is 25.3 Å². The van der Waals surface area contributed by atoms with Crippen LogP contribution < -0.4 is 5.43 Å². The predicted octanol–water partition coefficient (Wildman–Crippen LogP) is 1.87. The van der Waals surface area contributed by atoms with Gasteiger partial charge < -0.3 is 5.11 Å². The van der Waals surface area contributed by atoms with E-state index in [1.807, 2.05) is 19.9 Å². The normalized spacial score (nSPS) is 9.46. The second-order valence-corrected chi connectivity index (χ2v) is 3.07. The fourth-order valence-corrected chi connectivity index (χ4v) is 0.965. The van der Waals surface area contributed by atoms with Gasteiger partial charge in [0.05, 0.1) is 0 Å². The molecule has 3 heteroatoms. The van der Waals surface area contributed by atoms with Crippen LogP contribution in [0.15, 0.2) is 29.1 Å². The largest absolute Gasteiger partial charge is 2.00 e. The van der Waals surface area contributed by atoms with E-state index in [9.17, 15) is 4.79 Å². The predicted molar refractivity (Wildman–Crippen MR) is 48.5 cm³/mol. The van der Waals surface area contributed by atoms with Gasteiger partial charge in [-0.3, -0.25) is 4.79 Å². The second-order valence-electron chi connectivity index (χ2n) is 3.07. The first kappa shape index (κ1) is 12.2. The average Bonchev–Trinajstić information content (AvgIpc) is 2.15. The van der Waals surface area contributed by atoms with Crippen LogP contribution in [0.2, 0.25) is 0 Å². The summed E-state index contributed by atoms with van der Waals surface area (Å²) in [5.74, 6) is 0.117. The van der Waals surface area contributed by atoms with Gasteiger partial charge in [-0.25, -0.2) is 0 Å². The molecule has 0 aliphatic heterocycles. The molecule has 0 aliphatic carbocycles. The molecule has 0 aliphatic rings. The molecule has 0 aromatic heterocycles. The van der Waals surface area contributed by atoms with Crippen LogP contribution in [0.5, 0.6) is 5.75 Å². The molecule has 1 N–H and O–H groups in total. The summed E-state index contributed by atoms with van der Waals surface area (Å²) >= 11 is 0. The fraction of sp³-hybridized carbons (Fsp3) is 0.300. The molecule has 0 saturated heterocycles. The number of hydrogen-bond acceptors (Lipinski definition) is 2. The van der Waals surface area contributed by atoms with Gasteiger partial charge in [0.15, 0.2) is 5.75 Å². The Morgan fingerprint density at radius 3 is 2.46 bits per heavy atom. The molecule has 1 aromatic carbocycles. The van der Waals surface area contributed by atoms with E-state index in [0.29, 0.717) is 5.92 Å². The van der Waals surface area contributed by atoms with Crippen molar-refractivity contribution >= 4 is 0 Å². The van der Waals surface area contributed by atoms with Crippen molar-refractivity contribution in [2.75, 3.05) is 0 Å². The van der Waals surface area contributed by atoms with Crippen molar-refractivity contribution in [2.24, 2.45) is 0 Å². The van der Waals surface area contributed by atoms with Crippen molar-refractivity contribution in [1.29, 1.82) is 0 Å². The van der Waals surface area contributed by atoms with Gasteiger partial charge in [-0.15, -0.1) is 0 Å². The molecule has 73 valence electrons. The molecule has 0 heterocycles. The van der Waals surface area contributed by atoms with Gasteiger partial charge in [-0.05, 0) is 23.6 Å². The maximum Gasteiger partial charge on any atom is 2.00 e. The van der Waals surface area contributed by atoms with Gasteiger partial charge in [0.2, 0.25) is 5.43 Å². The van der Waals surface area contributed by atoms with E-state index in [4.69, 9.17) is 5.11 Å². The summed E-state index contributed by atoms with van der Waals surface area (Å²) in [7, 11) is 0. The van der Waals surface area contributed by atoms with Crippen molar-refractivity contribution in [1.82, 2.24) is 0 Å². The van der Waals surface area contributed by atoms with Crippen molar-refractivity contribution in [2.45, 2.75) is 19.8 Å². The van der Waals surface area contributed by atoms with Crippen molar-refractivity contribution in [3.05, 3.63) is 40.1 Å². The summed E-state index contributed by atoms with van der Waals surface area (Å²) in [5.41, 5.74) is 0.629. The van der Waals surface area contributed by atoms with Gasteiger partial charge in [0.25, 0.3) is 0 Å². The summed E-state index contributed by atoms with van der Waals surface area (Å²) < 4.78 is 0. The molecule has 2 nitrogen and oxygen atoms in total. The van der Waals surface area contributed by atoms with Gasteiger partial charge in [0, 0.05) is 0 Å². The Labute approximate surface area is 88.1 Å². The smallest absolute Gasteiger partial charge is 0.504 e. The number of hydrogen-bond donors (Lipinski definition) is 1. The Kier molecular flexibility index (Phi) is 4.74. The molecule has 1 radical (unpaired) electrons. The molecule has 0 atom stereocenters. The summed E-state index contributed by atoms with van der Waals surface area (Å²) in [5, 5.41) is 9.07. The summed E-state index contributed by atoms with van der Waals surface area (Å²) in [6.45, 7) is 4.01. The maximum atomic E-state index is 11.1. The molecular weight excluding hydrogens is 216 g/mol. The summed E-state index contributed by atoms with van der Waals surface area (Å²) in [6.07, 6.45) is 0. The molecule has 1 aromatic rings. The molecule has 0 unspecified atom stereocenters. The quantitative estimate of drug-likeness (QED) is 0.744. The summed E-state index contributed by atoms with van der Waals surface area (Å²) in [4.78, 5) is 11.1. The van der Waals surface area contributed by atoms with Crippen LogP contribution in [0, 0.1) is 0 Å². The minimum atomic E-state index is -0.316. The van der Waals surface area contributed by atoms with Crippen LogP contribution >= 0.6 is 0 Å². The van der Waals surface area contributed by atoms with E-state index in [1.54, 1.807) is 6.07 Å². The van der Waals surface area contributed by atoms with Gasteiger partial charge in [0.1, 0.15) is 0 Å². The third-order valence-electron chi connectivity index (χ3n) is 1.76. The molecule has 0 bridgehead atoms. The Hall–Kier alpha value is -0.791. The first-order valence-electron chi connectivity index (χ1n) is 3.94. The van der Waals surface area contributed by atoms with Gasteiger partial charge >= 0.3 is 17.1 Å². The molecule has 0 spiro atoms. The van der Waals surface area contributed by atoms with E-state index in [1.165, 1.54) is 12.1 Å². The fourth-order valence-electron chi connectivity index (χ4n) is 0.965. The van der Waals surface area contributed by atoms with Crippen molar-refractivity contribution in [3.8, 4) is 5.75 Å². The van der Waals surface area contributed by atoms with Crippen molar-refractivity contribution in [3.63, 3.8) is 0 Å². The Morgan fingerprint density at radius 2 is 1.92 bits per heavy atom. The Balaban J connectivity index is 0.00000144. The van der Waals surface area contributed by atoms with E-state index in [0.717, 1.165) is 5.56 Å². The zero-order valence-corrected chi connectivity index (χ0v) is 8.49. The third kappa shape index (κ3) is 3.21. The van der Waals surface area contributed by atoms with Crippen LogP contribution in [0.4, 0.5) is 0 Å². The number of rotatable bonds is 1. The first-order valence-corrected chi connectivity index (χ1v) is 3.94. The topological polar surface area (TPSA) is 37.3 Å². The molecule has 0 fully saturated rings. The van der Waals surface area contributed by atoms with Gasteiger partial charge in [-0.1, -0.05) is 26.0 Å². The first-order chi connectivity index (χ1) is 5.61. The summed E-state index contributed by atoms with van der Waals surface area (Å²) in [6, 6.07) is 6.41. The van der Waals surface area contributed by atoms with E-state index < -0.39 is 0 Å². The Morgan fingerprint density at radius 1 is 1.31 bits per heavy atom. The number of aromatic hydroxyl groups is 1. The average molecular weight is 228 g/mol. The Bertz CT molecular complexity index is 334. The van der Waals surface area contributed by atoms with Crippen LogP contribution in [0.3, 0.4) is 0 Å². The van der Waals surface area contributed by atoms with E-state index in [2.05, 4.69) is 0 Å². The molecular formula is C10H12CuO2+2. The SMILES string of the molecule is CC(C)c1cccc(O)c(=O)c1.[Cu+2]. The minimum Gasteiger partial charge on any atom is -0.504 e. The molecule has 0 amide bonds. The zero-order chi connectivity index (χ0) is 9.14. The minimum absolute atomic E-state index is 0. The van der Waals surface area contributed by atoms with Crippen LogP contribution in [-0.2, 0) is 17.1 Å². The van der Waals surface area contributed by atoms with E-state index in [-0.39, 0.29) is 28.2 Å². The van der Waals surface area contributed by atoms with Crippen LogP contribution in [-0.4, -0.2) is 5.11 Å². The third-order valence-corrected chi connectivity index (χ3v) is 1.76.